The van der Waals surface area contributed by atoms with Gasteiger partial charge >= 0.3 is 47.7 Å². The number of carboxylic acids is 1. The SMILES string of the molecule is CC(F)(F)C(=O)O.CCC1(O)C2CC3CC1CC(OCC(=O)OC1C4CC5C(=O)OC1C5C4)(C3)C2.CCC1(OC(=O)C(C)(F)F)C2CC3CC1CC(OCC(=O)OC1C4CC5C(=O)OC1C5C4)(C3)C2.Cc1ccc([S+](c2ccc(C)cc2)c2ccc(C)cc2)cc1.Cc1ccc([S+](c2ccc(C)cc2)c2ccc(C)cc2)cc1.[B]B([B])B([B])[B]. The maximum atomic E-state index is 13.6. The van der Waals surface area contributed by atoms with Crippen molar-refractivity contribution in [3.63, 3.8) is 0 Å². The second kappa shape index (κ2) is 36.3. The molecule has 27 heteroatoms. The fourth-order valence-electron chi connectivity index (χ4n) is 21.8. The fourth-order valence-corrected chi connectivity index (χ4v) is 25.9. The number of carboxylic acid groups (broad SMARTS) is 1. The van der Waals surface area contributed by atoms with Crippen LogP contribution in [0.2, 0.25) is 0 Å². The molecule has 0 amide bonds. The zero-order chi connectivity index (χ0) is 85.6. The molecule has 12 aliphatic carbocycles. The number of aliphatic hydroxyl groups is 1. The maximum Gasteiger partial charge on any atom is 0.377 e. The van der Waals surface area contributed by atoms with Gasteiger partial charge in [0.2, 0.25) is 0 Å². The average Bonchev–Trinajstić information content (AvgIpc) is 1.65. The van der Waals surface area contributed by atoms with Gasteiger partial charge in [-0.3, -0.25) is 9.59 Å². The van der Waals surface area contributed by atoms with Crippen LogP contribution >= 0.6 is 0 Å². The van der Waals surface area contributed by atoms with Crippen molar-refractivity contribution < 1.29 is 89.7 Å². The molecule has 14 fully saturated rings. The number of aliphatic carboxylic acids is 1. The first-order valence-corrected chi connectivity index (χ1v) is 44.7. The first kappa shape index (κ1) is 89.6. The van der Waals surface area contributed by atoms with E-state index in [1.807, 2.05) is 6.92 Å². The predicted molar refractivity (Wildman–Crippen MR) is 453 cm³/mol. The maximum absolute atomic E-state index is 13.6. The number of esters is 5. The Balaban J connectivity index is 0.000000132. The molecule has 2 N–H and O–H groups in total. The molecule has 119 heavy (non-hydrogen) atoms. The number of carbonyl (C=O) groups is 6. The van der Waals surface area contributed by atoms with E-state index in [1.165, 1.54) is 62.8 Å². The number of carbonyl (C=O) groups excluding carboxylic acids is 5. The number of alkyl halides is 4. The highest BCUT2D eigenvalue weighted by Gasteiger charge is 2.68. The quantitative estimate of drug-likeness (QED) is 0.0240. The Hall–Kier alpha value is -7.17. The Kier molecular flexibility index (Phi) is 27.3. The molecule has 2 heterocycles. The number of fused-ring (bicyclic) bond motifs is 2. The van der Waals surface area contributed by atoms with Crippen LogP contribution < -0.4 is 0 Å². The van der Waals surface area contributed by atoms with Gasteiger partial charge in [-0.15, -0.1) is 0 Å². The van der Waals surface area contributed by atoms with E-state index in [9.17, 15) is 51.4 Å². The van der Waals surface area contributed by atoms with Gasteiger partial charge in [0, 0.05) is 93.1 Å². The van der Waals surface area contributed by atoms with Crippen LogP contribution in [-0.2, 0) is 83.7 Å². The Morgan fingerprint density at radius 1 is 0.454 bits per heavy atom. The minimum Gasteiger partial charge on any atom is -0.477 e. The number of benzene rings is 6. The van der Waals surface area contributed by atoms with Gasteiger partial charge in [0.05, 0.1) is 50.4 Å². The number of hydrogen-bond acceptors (Lipinski definition) is 14. The van der Waals surface area contributed by atoms with Crippen LogP contribution in [0.25, 0.3) is 0 Å². The Morgan fingerprint density at radius 3 is 1.00 bits per heavy atom. The van der Waals surface area contributed by atoms with Crippen molar-refractivity contribution in [3.05, 3.63) is 179 Å². The summed E-state index contributed by atoms with van der Waals surface area (Å²) in [4.78, 5) is 78.7. The van der Waals surface area contributed by atoms with E-state index in [4.69, 9.17) is 69.2 Å². The lowest BCUT2D eigenvalue weighted by Gasteiger charge is -2.64. The zero-order valence-electron chi connectivity index (χ0n) is 69.8. The highest BCUT2D eigenvalue weighted by Crippen LogP contribution is 2.65. The Bertz CT molecular complexity index is 4190. The van der Waals surface area contributed by atoms with E-state index >= 15 is 0 Å². The summed E-state index contributed by atoms with van der Waals surface area (Å²) in [7, 11) is 19.8. The van der Waals surface area contributed by atoms with Crippen LogP contribution in [0.3, 0.4) is 0 Å². The largest absolute Gasteiger partial charge is 0.477 e. The van der Waals surface area contributed by atoms with Gasteiger partial charge in [-0.05, 0) is 241 Å². The second-order valence-electron chi connectivity index (χ2n) is 36.1. The highest BCUT2D eigenvalue weighted by molar-refractivity contribution is 7.97. The summed E-state index contributed by atoms with van der Waals surface area (Å²) in [5.74, 6) is -9.44. The molecule has 2 aliphatic heterocycles. The molecular formula is C92H108B6F4O15S2+2. The third kappa shape index (κ3) is 19.7. The fraction of sp³-hybridized carbons (Fsp3) is 0.543. The zero-order valence-corrected chi connectivity index (χ0v) is 71.4. The van der Waals surface area contributed by atoms with Crippen molar-refractivity contribution in [3.8, 4) is 0 Å². The third-order valence-electron chi connectivity index (χ3n) is 27.5. The van der Waals surface area contributed by atoms with Gasteiger partial charge in [0.1, 0.15) is 43.2 Å². The minimum atomic E-state index is -3.58. The molecular weight excluding hydrogens is 1550 g/mol. The molecule has 14 aliphatic rings. The summed E-state index contributed by atoms with van der Waals surface area (Å²) < 4.78 is 90.3. The summed E-state index contributed by atoms with van der Waals surface area (Å²) in [5, 5.41) is 18.6. The molecule has 622 valence electrons. The van der Waals surface area contributed by atoms with Gasteiger partial charge in [0.25, 0.3) is 0 Å². The van der Waals surface area contributed by atoms with E-state index < -0.39 is 59.3 Å². The van der Waals surface area contributed by atoms with E-state index in [-0.39, 0.29) is 130 Å². The number of halogens is 4. The topological polar surface area (TPSA) is 207 Å². The van der Waals surface area contributed by atoms with Gasteiger partial charge in [-0.25, -0.2) is 19.2 Å². The first-order chi connectivity index (χ1) is 56.3. The first-order valence-electron chi connectivity index (χ1n) is 42.2. The predicted octanol–water partition coefficient (Wildman–Crippen LogP) is 15.5. The summed E-state index contributed by atoms with van der Waals surface area (Å²) in [6.07, 6.45) is 10.7. The van der Waals surface area contributed by atoms with Crippen LogP contribution in [0.15, 0.2) is 175 Å². The molecule has 15 nitrogen and oxygen atoms in total. The van der Waals surface area contributed by atoms with Crippen LogP contribution in [0.5, 0.6) is 0 Å². The summed E-state index contributed by atoms with van der Waals surface area (Å²) in [6.45, 7) is 17.5. The van der Waals surface area contributed by atoms with E-state index in [0.717, 1.165) is 83.5 Å². The van der Waals surface area contributed by atoms with E-state index in [0.29, 0.717) is 56.8 Å². The standard InChI is InChI=1S/C25H32F2O7.C22H30O6.2C21H21S.C3H4F2O2.B6/c1-3-25(34-22(30)23(2,26)27)14-4-12-5-15(25)10-24(8-12,9-14)31-11-18(28)32-19-13-6-16-17(7-13)21(29)33-20(16)19;1-2-22(25)13-3-11-4-14(22)9-21(7-11,8-13)26-10-17(23)27-18-12-5-15-16(6-12)20(24)28-19(15)18;2*1-16-4-10-19(11-5-16)22(20-12-6-17(2)7-13-20)21-14-8-18(3)9-15-21;1-3(4,5)2(6)7;1-5(2)6(3)4/h12-17,19-20H,3-11H2,1-2H3;11-16,18-19,25H,2-10H2,1H3;2*4-15H,1-3H3;1H3,(H,6,7);/q;;2*+1;;. The van der Waals surface area contributed by atoms with Gasteiger partial charge < -0.3 is 43.4 Å². The van der Waals surface area contributed by atoms with E-state index in [2.05, 4.69) is 194 Å². The van der Waals surface area contributed by atoms with Crippen molar-refractivity contribution in [2.24, 2.45) is 71.0 Å². The van der Waals surface area contributed by atoms with Crippen molar-refractivity contribution in [2.45, 2.75) is 260 Å². The number of hydrogen-bond donors (Lipinski definition) is 2. The number of aryl methyl sites for hydroxylation is 6. The molecule has 14 unspecified atom stereocenters. The van der Waals surface area contributed by atoms with Crippen LogP contribution in [-0.4, -0.2) is 162 Å². The lowest BCUT2D eigenvalue weighted by molar-refractivity contribution is -0.262. The molecule has 12 bridgehead atoms. The Morgan fingerprint density at radius 2 is 0.739 bits per heavy atom. The number of rotatable bonds is 20. The van der Waals surface area contributed by atoms with Crippen LogP contribution in [0.4, 0.5) is 17.6 Å². The van der Waals surface area contributed by atoms with Gasteiger partial charge in [0.15, 0.2) is 29.4 Å². The van der Waals surface area contributed by atoms with Crippen molar-refractivity contribution in [1.82, 2.24) is 0 Å². The second-order valence-corrected chi connectivity index (χ2v) is 40.2. The summed E-state index contributed by atoms with van der Waals surface area (Å²) in [6, 6.07) is 53.6. The molecule has 0 aromatic heterocycles. The van der Waals surface area contributed by atoms with Crippen molar-refractivity contribution in [1.29, 1.82) is 0 Å². The molecule has 6 aromatic rings. The molecule has 12 saturated carbocycles. The van der Waals surface area contributed by atoms with Gasteiger partial charge in [-0.2, -0.15) is 17.6 Å². The monoisotopic (exact) mass is 1660 g/mol. The molecule has 20 rings (SSSR count). The number of ether oxygens (including phenoxy) is 7. The molecule has 0 spiro atoms. The van der Waals surface area contributed by atoms with Crippen molar-refractivity contribution in [2.75, 3.05) is 13.2 Å². The smallest absolute Gasteiger partial charge is 0.377 e. The lowest BCUT2D eigenvalue weighted by atomic mass is 8.81. The lowest BCUT2D eigenvalue weighted by Crippen LogP contribution is -2.66. The highest BCUT2D eigenvalue weighted by atomic mass is 32.2. The third-order valence-corrected chi connectivity index (χ3v) is 32.0. The Labute approximate surface area is 709 Å². The molecule has 2 saturated heterocycles. The molecule has 14 atom stereocenters. The average molecular weight is 1660 g/mol. The molecule has 6 aromatic carbocycles. The van der Waals surface area contributed by atoms with Crippen LogP contribution in [0.1, 0.15) is 164 Å². The minimum absolute atomic E-state index is 0.0329. The van der Waals surface area contributed by atoms with Gasteiger partial charge in [-0.1, -0.05) is 120 Å². The van der Waals surface area contributed by atoms with Crippen LogP contribution in [0, 0.1) is 113 Å². The summed E-state index contributed by atoms with van der Waals surface area (Å²) >= 11 is 0. The van der Waals surface area contributed by atoms with Crippen molar-refractivity contribution >= 4 is 101 Å². The molecule has 8 radical (unpaired) electrons. The normalized spacial score (nSPS) is 31.6. The van der Waals surface area contributed by atoms with E-state index in [1.54, 1.807) is 0 Å². The summed E-state index contributed by atoms with van der Waals surface area (Å²) in [5.41, 5.74) is 5.61.